The molecule has 0 saturated carbocycles. The van der Waals surface area contributed by atoms with E-state index in [0.717, 1.165) is 109 Å². The largest absolute Gasteiger partial charge is 0.472 e. The van der Waals surface area contributed by atoms with Crippen molar-refractivity contribution >= 4 is 19.8 Å². The SMILES string of the molecule is CC/C=C\C/C=C\C/C=C\C/C=C\C/C=C\C/C=C\CCCCCCCCCCCCCCCCCCCCCCC(=O)OC(COC(=O)CCCCCCCCCC/C=C\C/C=C\C/C=C\C/C=C\CC)COP(=O)(O)OCC[N+](C)(C)C. The summed E-state index contributed by atoms with van der Waals surface area (Å²) in [6.07, 6.45) is 91.6. The van der Waals surface area contributed by atoms with Gasteiger partial charge in [-0.25, -0.2) is 4.57 Å². The van der Waals surface area contributed by atoms with Gasteiger partial charge in [-0.05, 0) is 103 Å². The molecule has 9 nitrogen and oxygen atoms in total. The van der Waals surface area contributed by atoms with Crippen LogP contribution in [-0.2, 0) is 32.7 Å². The Balaban J connectivity index is 4.00. The monoisotopic (exact) mass is 1190 g/mol. The Kier molecular flexibility index (Phi) is 61.2. The Morgan fingerprint density at radius 2 is 0.643 bits per heavy atom. The van der Waals surface area contributed by atoms with E-state index < -0.39 is 26.5 Å². The third-order valence-corrected chi connectivity index (χ3v) is 15.5. The van der Waals surface area contributed by atoms with Gasteiger partial charge in [-0.15, -0.1) is 0 Å². The first kappa shape index (κ1) is 80.4. The molecule has 0 spiro atoms. The average Bonchev–Trinajstić information content (AvgIpc) is 3.61. The molecule has 0 aliphatic heterocycles. The number of ether oxygens (including phenoxy) is 2. The summed E-state index contributed by atoms with van der Waals surface area (Å²) >= 11 is 0. The van der Waals surface area contributed by atoms with Crippen LogP contribution in [0.5, 0.6) is 0 Å². The number of quaternary nitrogens is 1. The molecule has 0 aromatic heterocycles. The number of rotatable bonds is 62. The first-order valence-electron chi connectivity index (χ1n) is 34.3. The van der Waals surface area contributed by atoms with E-state index in [4.69, 9.17) is 18.5 Å². The van der Waals surface area contributed by atoms with Crippen molar-refractivity contribution in [3.63, 3.8) is 0 Å². The highest BCUT2D eigenvalue weighted by Crippen LogP contribution is 2.43. The molecule has 0 saturated heterocycles. The summed E-state index contributed by atoms with van der Waals surface area (Å²) in [6.45, 7) is 4.21. The van der Waals surface area contributed by atoms with Crippen molar-refractivity contribution in [2.45, 2.75) is 290 Å². The van der Waals surface area contributed by atoms with E-state index in [-0.39, 0.29) is 32.0 Å². The normalized spacial score (nSPS) is 13.9. The zero-order valence-electron chi connectivity index (χ0n) is 54.9. The molecule has 0 aromatic carbocycles. The van der Waals surface area contributed by atoms with Gasteiger partial charge in [0.25, 0.3) is 0 Å². The van der Waals surface area contributed by atoms with Crippen molar-refractivity contribution in [3.05, 3.63) is 122 Å². The minimum absolute atomic E-state index is 0.0268. The summed E-state index contributed by atoms with van der Waals surface area (Å²) in [7, 11) is 1.47. The third kappa shape index (κ3) is 67.5. The van der Waals surface area contributed by atoms with Crippen LogP contribution in [0.25, 0.3) is 0 Å². The van der Waals surface area contributed by atoms with Gasteiger partial charge in [0.05, 0.1) is 27.7 Å². The van der Waals surface area contributed by atoms with Crippen LogP contribution in [-0.4, -0.2) is 74.9 Å². The number of likely N-dealkylation sites (N-methyl/N-ethyl adjacent to an activating group) is 1. The molecule has 0 heterocycles. The van der Waals surface area contributed by atoms with Crippen LogP contribution >= 0.6 is 7.82 Å². The zero-order chi connectivity index (χ0) is 61.2. The van der Waals surface area contributed by atoms with Crippen LogP contribution in [0.1, 0.15) is 284 Å². The lowest BCUT2D eigenvalue weighted by atomic mass is 10.0. The number of phosphoric acid groups is 1. The lowest BCUT2D eigenvalue weighted by molar-refractivity contribution is -0.870. The third-order valence-electron chi connectivity index (χ3n) is 14.5. The molecule has 0 fully saturated rings. The molecule has 0 rings (SSSR count). The van der Waals surface area contributed by atoms with Gasteiger partial charge < -0.3 is 18.9 Å². The van der Waals surface area contributed by atoms with Crippen LogP contribution in [0.2, 0.25) is 0 Å². The van der Waals surface area contributed by atoms with E-state index in [2.05, 4.69) is 135 Å². The maximum absolute atomic E-state index is 12.9. The number of esters is 2. The second kappa shape index (κ2) is 63.9. The highest BCUT2D eigenvalue weighted by molar-refractivity contribution is 7.47. The van der Waals surface area contributed by atoms with Crippen LogP contribution < -0.4 is 0 Å². The summed E-state index contributed by atoms with van der Waals surface area (Å²) in [5.74, 6) is -0.803. The average molecular weight is 1190 g/mol. The lowest BCUT2D eigenvalue weighted by Crippen LogP contribution is -2.37. The first-order valence-corrected chi connectivity index (χ1v) is 35.8. The van der Waals surface area contributed by atoms with Crippen LogP contribution in [0.3, 0.4) is 0 Å². The standard InChI is InChI=1S/C74H128NO8P/c1-6-8-10-12-14-16-18-20-22-24-26-28-29-30-31-32-33-34-35-36-37-38-39-40-41-42-43-44-45-47-49-51-53-55-57-59-61-63-65-67-74(77)83-72(71-82-84(78,79)81-69-68-75(3,4)5)70-80-73(76)66-64-62-60-58-56-54-52-50-48-46-27-25-23-21-19-17-15-13-11-9-7-2/h8-11,14-17,20-23,26-28,30-31,33-34,46,72H,6-7,12-13,18-19,24-25,29,32,35-45,47-71H2,1-5H3/p+1/b10-8-,11-9-,16-14-,17-15-,22-20-,23-21-,28-26-,31-30-,34-33-,46-27-. The van der Waals surface area contributed by atoms with E-state index >= 15 is 0 Å². The molecular formula is C74H129NO8P+. The molecule has 0 bridgehead atoms. The quantitative estimate of drug-likeness (QED) is 0.0211. The maximum Gasteiger partial charge on any atom is 0.472 e. The van der Waals surface area contributed by atoms with E-state index in [1.807, 2.05) is 21.1 Å². The molecule has 0 aromatic rings. The Morgan fingerprint density at radius 3 is 0.952 bits per heavy atom. The molecule has 0 radical (unpaired) electrons. The maximum atomic E-state index is 12.9. The summed E-state index contributed by atoms with van der Waals surface area (Å²) in [6, 6.07) is 0. The topological polar surface area (TPSA) is 108 Å². The van der Waals surface area contributed by atoms with Crippen LogP contribution in [0.15, 0.2) is 122 Å². The van der Waals surface area contributed by atoms with E-state index in [9.17, 15) is 19.0 Å². The number of phosphoric ester groups is 1. The second-order valence-electron chi connectivity index (χ2n) is 23.8. The Bertz CT molecular complexity index is 1830. The highest BCUT2D eigenvalue weighted by atomic mass is 31.2. The zero-order valence-corrected chi connectivity index (χ0v) is 55.7. The van der Waals surface area contributed by atoms with Crippen molar-refractivity contribution in [2.75, 3.05) is 47.5 Å². The minimum atomic E-state index is -4.40. The molecule has 10 heteroatoms. The molecule has 2 atom stereocenters. The Labute approximate surface area is 518 Å². The number of carbonyl (C=O) groups excluding carboxylic acids is 2. The van der Waals surface area contributed by atoms with Crippen molar-refractivity contribution < 1.29 is 42.1 Å². The summed E-state index contributed by atoms with van der Waals surface area (Å²) in [5, 5.41) is 0. The second-order valence-corrected chi connectivity index (χ2v) is 25.3. The highest BCUT2D eigenvalue weighted by Gasteiger charge is 2.27. The van der Waals surface area contributed by atoms with E-state index in [1.54, 1.807) is 0 Å². The molecule has 0 aliphatic carbocycles. The number of hydrogen-bond donors (Lipinski definition) is 1. The predicted octanol–water partition coefficient (Wildman–Crippen LogP) is 22.3. The van der Waals surface area contributed by atoms with Crippen LogP contribution in [0, 0.1) is 0 Å². The van der Waals surface area contributed by atoms with Crippen molar-refractivity contribution in [3.8, 4) is 0 Å². The van der Waals surface area contributed by atoms with Gasteiger partial charge in [-0.1, -0.05) is 289 Å². The molecule has 0 aliphatic rings. The minimum Gasteiger partial charge on any atom is -0.462 e. The number of nitrogens with zero attached hydrogens (tertiary/aromatic N) is 1. The van der Waals surface area contributed by atoms with Crippen molar-refractivity contribution in [1.82, 2.24) is 0 Å². The van der Waals surface area contributed by atoms with Gasteiger partial charge in [0.2, 0.25) is 0 Å². The first-order chi connectivity index (χ1) is 41.0. The van der Waals surface area contributed by atoms with Gasteiger partial charge in [0, 0.05) is 12.8 Å². The molecule has 2 unspecified atom stereocenters. The van der Waals surface area contributed by atoms with Crippen molar-refractivity contribution in [1.29, 1.82) is 0 Å². The van der Waals surface area contributed by atoms with E-state index in [0.29, 0.717) is 17.4 Å². The lowest BCUT2D eigenvalue weighted by Gasteiger charge is -2.24. The van der Waals surface area contributed by atoms with Crippen LogP contribution in [0.4, 0.5) is 0 Å². The fraction of sp³-hybridized carbons (Fsp3) is 0.703. The Morgan fingerprint density at radius 1 is 0.369 bits per heavy atom. The molecule has 1 N–H and O–H groups in total. The summed E-state index contributed by atoms with van der Waals surface area (Å²) in [4.78, 5) is 35.8. The van der Waals surface area contributed by atoms with E-state index in [1.165, 1.54) is 141 Å². The van der Waals surface area contributed by atoms with Gasteiger partial charge in [0.15, 0.2) is 6.10 Å². The number of unbranched alkanes of at least 4 members (excludes halogenated alkanes) is 28. The fourth-order valence-electron chi connectivity index (χ4n) is 9.31. The Hall–Kier alpha value is -3.59. The fourth-order valence-corrected chi connectivity index (χ4v) is 10.0. The summed E-state index contributed by atoms with van der Waals surface area (Å²) < 4.78 is 34.7. The number of hydrogen-bond acceptors (Lipinski definition) is 7. The number of allylic oxidation sites excluding steroid dienone is 20. The smallest absolute Gasteiger partial charge is 0.462 e. The number of carbonyl (C=O) groups is 2. The predicted molar refractivity (Wildman–Crippen MR) is 362 cm³/mol. The molecule has 482 valence electrons. The molecular weight excluding hydrogens is 1060 g/mol. The van der Waals surface area contributed by atoms with Gasteiger partial charge >= 0.3 is 19.8 Å². The summed E-state index contributed by atoms with van der Waals surface area (Å²) in [5.41, 5.74) is 0. The van der Waals surface area contributed by atoms with Gasteiger partial charge in [-0.3, -0.25) is 18.6 Å². The van der Waals surface area contributed by atoms with Gasteiger partial charge in [0.1, 0.15) is 19.8 Å². The molecule has 84 heavy (non-hydrogen) atoms. The van der Waals surface area contributed by atoms with Crippen molar-refractivity contribution in [2.24, 2.45) is 0 Å². The molecule has 0 amide bonds. The van der Waals surface area contributed by atoms with Gasteiger partial charge in [-0.2, -0.15) is 0 Å².